The first-order valence-electron chi connectivity index (χ1n) is 5.68. The standard InChI is InChI=1S/C11H23FN2O2S/c1-8(2)14(9(3)4)10(15)13-17(12,16)11(5,6)7/h8-9H,1-7H3. The Hall–Kier alpha value is -0.650. The van der Waals surface area contributed by atoms with Crippen LogP contribution in [-0.2, 0) is 10.1 Å². The monoisotopic (exact) mass is 266 g/mol. The van der Waals surface area contributed by atoms with Crippen molar-refractivity contribution in [3.63, 3.8) is 0 Å². The van der Waals surface area contributed by atoms with E-state index in [9.17, 15) is 12.9 Å². The number of halogens is 1. The molecule has 0 N–H and O–H groups in total. The van der Waals surface area contributed by atoms with E-state index in [2.05, 4.69) is 4.36 Å². The summed E-state index contributed by atoms with van der Waals surface area (Å²) < 4.78 is 27.6. The minimum Gasteiger partial charge on any atom is -0.317 e. The van der Waals surface area contributed by atoms with Crippen LogP contribution in [0.5, 0.6) is 0 Å². The van der Waals surface area contributed by atoms with Gasteiger partial charge in [0.15, 0.2) is 0 Å². The van der Waals surface area contributed by atoms with Gasteiger partial charge in [-0.25, -0.2) is 9.00 Å². The van der Waals surface area contributed by atoms with E-state index in [1.165, 1.54) is 25.7 Å². The predicted octanol–water partition coefficient (Wildman–Crippen LogP) is 3.38. The largest absolute Gasteiger partial charge is 0.354 e. The summed E-state index contributed by atoms with van der Waals surface area (Å²) in [6.07, 6.45) is 0. The van der Waals surface area contributed by atoms with Crippen molar-refractivity contribution in [1.82, 2.24) is 4.90 Å². The molecule has 0 saturated heterocycles. The van der Waals surface area contributed by atoms with E-state index in [1.54, 1.807) is 0 Å². The Morgan fingerprint density at radius 2 is 1.53 bits per heavy atom. The molecule has 0 heterocycles. The number of hydrogen-bond donors (Lipinski definition) is 0. The Balaban J connectivity index is 5.35. The molecule has 0 aromatic heterocycles. The molecule has 0 saturated carbocycles. The van der Waals surface area contributed by atoms with Gasteiger partial charge >= 0.3 is 6.03 Å². The highest BCUT2D eigenvalue weighted by atomic mass is 32.3. The molecule has 0 fully saturated rings. The van der Waals surface area contributed by atoms with Crippen LogP contribution in [0.15, 0.2) is 4.36 Å². The smallest absolute Gasteiger partial charge is 0.317 e. The van der Waals surface area contributed by atoms with E-state index in [4.69, 9.17) is 0 Å². The van der Waals surface area contributed by atoms with E-state index < -0.39 is 20.9 Å². The van der Waals surface area contributed by atoms with Gasteiger partial charge in [0.05, 0.1) is 4.75 Å². The van der Waals surface area contributed by atoms with Crippen molar-refractivity contribution in [2.75, 3.05) is 0 Å². The van der Waals surface area contributed by atoms with Gasteiger partial charge in [-0.3, -0.25) is 0 Å². The third-order valence-electron chi connectivity index (χ3n) is 2.28. The zero-order valence-corrected chi connectivity index (χ0v) is 12.5. The van der Waals surface area contributed by atoms with E-state index in [0.717, 1.165) is 0 Å². The third kappa shape index (κ3) is 4.26. The van der Waals surface area contributed by atoms with Gasteiger partial charge in [0.2, 0.25) is 10.1 Å². The van der Waals surface area contributed by atoms with Gasteiger partial charge < -0.3 is 4.90 Å². The van der Waals surface area contributed by atoms with E-state index in [0.29, 0.717) is 0 Å². The molecule has 0 aromatic carbocycles. The summed E-state index contributed by atoms with van der Waals surface area (Å²) in [5.74, 6) is 0. The minimum absolute atomic E-state index is 0.110. The lowest BCUT2D eigenvalue weighted by Crippen LogP contribution is -2.41. The summed E-state index contributed by atoms with van der Waals surface area (Å²) in [4.78, 5) is 13.2. The van der Waals surface area contributed by atoms with Gasteiger partial charge in [0, 0.05) is 12.1 Å². The van der Waals surface area contributed by atoms with Crippen LogP contribution in [0.3, 0.4) is 0 Å². The molecular weight excluding hydrogens is 243 g/mol. The molecule has 2 amide bonds. The van der Waals surface area contributed by atoms with Crippen molar-refractivity contribution in [3.05, 3.63) is 0 Å². The SMILES string of the molecule is CC(C)N(C(=O)N=S(=O)(F)C(C)(C)C)C(C)C. The van der Waals surface area contributed by atoms with E-state index in [-0.39, 0.29) is 12.1 Å². The van der Waals surface area contributed by atoms with Gasteiger partial charge in [0.1, 0.15) is 0 Å². The molecule has 102 valence electrons. The van der Waals surface area contributed by atoms with E-state index >= 15 is 0 Å². The van der Waals surface area contributed by atoms with Crippen LogP contribution in [0.2, 0.25) is 0 Å². The molecule has 0 radical (unpaired) electrons. The van der Waals surface area contributed by atoms with Gasteiger partial charge in [-0.15, -0.1) is 8.25 Å². The number of amides is 2. The Morgan fingerprint density at radius 1 is 1.18 bits per heavy atom. The second-order valence-electron chi connectivity index (χ2n) is 5.54. The van der Waals surface area contributed by atoms with Gasteiger partial charge in [0.25, 0.3) is 0 Å². The molecule has 0 bridgehead atoms. The quantitative estimate of drug-likeness (QED) is 0.719. The maximum Gasteiger partial charge on any atom is 0.354 e. The minimum atomic E-state index is -4.03. The van der Waals surface area contributed by atoms with Crippen LogP contribution < -0.4 is 0 Å². The second kappa shape index (κ2) is 5.33. The maximum atomic E-state index is 13.8. The normalized spacial score (nSPS) is 15.9. The first-order valence-corrected chi connectivity index (χ1v) is 7.10. The molecule has 0 aliphatic heterocycles. The number of nitrogens with zero attached hydrogens (tertiary/aromatic N) is 2. The highest BCUT2D eigenvalue weighted by Gasteiger charge is 2.30. The second-order valence-corrected chi connectivity index (χ2v) is 7.86. The van der Waals surface area contributed by atoms with Crippen molar-refractivity contribution in [2.45, 2.75) is 65.3 Å². The van der Waals surface area contributed by atoms with Crippen molar-refractivity contribution >= 4 is 16.1 Å². The highest BCUT2D eigenvalue weighted by molar-refractivity contribution is 7.90. The Labute approximate surface area is 104 Å². The van der Waals surface area contributed by atoms with Crippen LogP contribution >= 0.6 is 0 Å². The summed E-state index contributed by atoms with van der Waals surface area (Å²) in [5, 5.41) is 0. The number of carbonyl (C=O) groups is 1. The molecule has 4 nitrogen and oxygen atoms in total. The van der Waals surface area contributed by atoms with Crippen LogP contribution in [-0.4, -0.2) is 32.0 Å². The molecule has 1 unspecified atom stereocenters. The molecule has 0 rings (SSSR count). The zero-order valence-electron chi connectivity index (χ0n) is 11.7. The molecule has 0 aliphatic carbocycles. The molecule has 17 heavy (non-hydrogen) atoms. The fourth-order valence-electron chi connectivity index (χ4n) is 1.32. The van der Waals surface area contributed by atoms with Crippen LogP contribution in [0.1, 0.15) is 48.5 Å². The molecule has 0 aliphatic rings. The van der Waals surface area contributed by atoms with Crippen molar-refractivity contribution in [3.8, 4) is 0 Å². The van der Waals surface area contributed by atoms with Gasteiger partial charge in [-0.1, -0.05) is 0 Å². The lowest BCUT2D eigenvalue weighted by atomic mass is 10.2. The Morgan fingerprint density at radius 3 is 1.76 bits per heavy atom. The van der Waals surface area contributed by atoms with Crippen LogP contribution in [0, 0.1) is 0 Å². The summed E-state index contributed by atoms with van der Waals surface area (Å²) >= 11 is 0. The van der Waals surface area contributed by atoms with Gasteiger partial charge in [-0.05, 0) is 48.5 Å². The highest BCUT2D eigenvalue weighted by Crippen LogP contribution is 2.21. The van der Waals surface area contributed by atoms with Crippen molar-refractivity contribution < 1.29 is 12.9 Å². The molecule has 0 aromatic rings. The van der Waals surface area contributed by atoms with Gasteiger partial charge in [-0.2, -0.15) is 0 Å². The predicted molar refractivity (Wildman–Crippen MR) is 68.9 cm³/mol. The number of rotatable bonds is 2. The molecule has 6 heteroatoms. The topological polar surface area (TPSA) is 49.7 Å². The van der Waals surface area contributed by atoms with Crippen LogP contribution in [0.25, 0.3) is 0 Å². The average molecular weight is 266 g/mol. The molecule has 0 spiro atoms. The number of carbonyl (C=O) groups excluding carboxylic acids is 1. The zero-order chi connectivity index (χ0) is 14.0. The first-order chi connectivity index (χ1) is 7.40. The third-order valence-corrected chi connectivity index (χ3v) is 4.19. The van der Waals surface area contributed by atoms with Crippen molar-refractivity contribution in [2.24, 2.45) is 4.36 Å². The summed E-state index contributed by atoms with van der Waals surface area (Å²) in [7, 11) is -4.03. The first kappa shape index (κ1) is 16.4. The maximum absolute atomic E-state index is 13.8. The van der Waals surface area contributed by atoms with Crippen molar-refractivity contribution in [1.29, 1.82) is 0 Å². The lowest BCUT2D eigenvalue weighted by molar-refractivity contribution is 0.175. The Bertz CT molecular complexity index is 383. The molecular formula is C11H23FN2O2S. The summed E-state index contributed by atoms with van der Waals surface area (Å²) in [6, 6.07) is -0.972. The fraction of sp³-hybridized carbons (Fsp3) is 0.909. The Kier molecular flexibility index (Phi) is 5.13. The fourth-order valence-corrected chi connectivity index (χ4v) is 1.89. The lowest BCUT2D eigenvalue weighted by Gasteiger charge is -2.29. The number of urea groups is 1. The number of hydrogen-bond acceptors (Lipinski definition) is 2. The van der Waals surface area contributed by atoms with Crippen LogP contribution in [0.4, 0.5) is 8.68 Å². The molecule has 1 atom stereocenters. The van der Waals surface area contributed by atoms with E-state index in [1.807, 2.05) is 27.7 Å². The average Bonchev–Trinajstić information content (AvgIpc) is 1.97. The summed E-state index contributed by atoms with van der Waals surface area (Å²) in [5.41, 5.74) is 0. The summed E-state index contributed by atoms with van der Waals surface area (Å²) in [6.45, 7) is 11.6.